The van der Waals surface area contributed by atoms with Crippen molar-refractivity contribution in [1.82, 2.24) is 9.91 Å². The van der Waals surface area contributed by atoms with Gasteiger partial charge in [0.25, 0.3) is 0 Å². The van der Waals surface area contributed by atoms with Crippen LogP contribution in [-0.2, 0) is 6.54 Å². The Morgan fingerprint density at radius 2 is 1.69 bits per heavy atom. The van der Waals surface area contributed by atoms with Crippen LogP contribution >= 0.6 is 12.4 Å². The van der Waals surface area contributed by atoms with Gasteiger partial charge < -0.3 is 0 Å². The minimum Gasteiger partial charge on any atom is -0.295 e. The van der Waals surface area contributed by atoms with Gasteiger partial charge in [0.2, 0.25) is 0 Å². The predicted molar refractivity (Wildman–Crippen MR) is 66.3 cm³/mol. The number of benzene rings is 1. The Kier molecular flexibility index (Phi) is 5.22. The van der Waals surface area contributed by atoms with E-state index in [2.05, 4.69) is 34.5 Å². The van der Waals surface area contributed by atoms with E-state index in [1.165, 1.54) is 5.56 Å². The van der Waals surface area contributed by atoms with Gasteiger partial charge in [-0.25, -0.2) is 0 Å². The monoisotopic (exact) mass is 241 g/mol. The van der Waals surface area contributed by atoms with Crippen LogP contribution < -0.4 is 0 Å². The first-order valence-electron chi connectivity index (χ1n) is 5.23. The van der Waals surface area contributed by atoms with Gasteiger partial charge in [-0.3, -0.25) is 9.91 Å². The largest absolute Gasteiger partial charge is 0.295 e. The summed E-state index contributed by atoms with van der Waals surface area (Å²) in [5.41, 5.74) is 1.32. The lowest BCUT2D eigenvalue weighted by Crippen LogP contribution is -2.43. The third-order valence-corrected chi connectivity index (χ3v) is 2.71. The number of halogens is 1. The molecule has 0 saturated carbocycles. The molecule has 16 heavy (non-hydrogen) atoms. The fourth-order valence-corrected chi connectivity index (χ4v) is 1.82. The minimum atomic E-state index is 0. The molecular formula is C11H16ClN3O. The maximum atomic E-state index is 10.3. The second-order valence-electron chi connectivity index (χ2n) is 3.80. The number of hydrogen-bond acceptors (Lipinski definition) is 3. The number of piperazine rings is 1. The highest BCUT2D eigenvalue weighted by Gasteiger charge is 2.15. The van der Waals surface area contributed by atoms with Gasteiger partial charge in [0.1, 0.15) is 0 Å². The molecule has 2 rings (SSSR count). The average Bonchev–Trinajstić information content (AvgIpc) is 2.31. The highest BCUT2D eigenvalue weighted by atomic mass is 35.5. The molecule has 0 spiro atoms. The van der Waals surface area contributed by atoms with Crippen molar-refractivity contribution in [2.45, 2.75) is 6.54 Å². The lowest BCUT2D eigenvalue weighted by molar-refractivity contribution is 0.129. The van der Waals surface area contributed by atoms with Gasteiger partial charge in [-0.15, -0.1) is 17.3 Å². The van der Waals surface area contributed by atoms with E-state index < -0.39 is 0 Å². The Bertz CT molecular complexity index is 312. The van der Waals surface area contributed by atoms with Crippen molar-refractivity contribution >= 4 is 12.4 Å². The van der Waals surface area contributed by atoms with Crippen LogP contribution in [0.2, 0.25) is 0 Å². The van der Waals surface area contributed by atoms with Crippen LogP contribution in [0.3, 0.4) is 0 Å². The number of rotatable bonds is 3. The van der Waals surface area contributed by atoms with Crippen LogP contribution in [0.4, 0.5) is 0 Å². The van der Waals surface area contributed by atoms with Gasteiger partial charge in [0.15, 0.2) is 0 Å². The zero-order chi connectivity index (χ0) is 10.5. The van der Waals surface area contributed by atoms with Crippen molar-refractivity contribution in [1.29, 1.82) is 0 Å². The Morgan fingerprint density at radius 1 is 1.06 bits per heavy atom. The molecule has 0 amide bonds. The summed E-state index contributed by atoms with van der Waals surface area (Å²) < 4.78 is 0. The molecule has 0 atom stereocenters. The SMILES string of the molecule is Cl.O=NN1CCN(Cc2ccccc2)CC1. The van der Waals surface area contributed by atoms with Gasteiger partial charge in [0.05, 0.1) is 18.4 Å². The highest BCUT2D eigenvalue weighted by Crippen LogP contribution is 2.07. The van der Waals surface area contributed by atoms with Crippen LogP contribution in [0.1, 0.15) is 5.56 Å². The van der Waals surface area contributed by atoms with Crippen molar-refractivity contribution in [3.8, 4) is 0 Å². The van der Waals surface area contributed by atoms with E-state index in [0.717, 1.165) is 32.7 Å². The molecule has 1 aromatic carbocycles. The highest BCUT2D eigenvalue weighted by molar-refractivity contribution is 5.85. The summed E-state index contributed by atoms with van der Waals surface area (Å²) in [6.07, 6.45) is 0. The maximum absolute atomic E-state index is 10.3. The molecule has 88 valence electrons. The van der Waals surface area contributed by atoms with Crippen molar-refractivity contribution in [3.63, 3.8) is 0 Å². The first kappa shape index (κ1) is 12.9. The molecule has 0 bridgehead atoms. The van der Waals surface area contributed by atoms with E-state index in [0.29, 0.717) is 0 Å². The van der Waals surface area contributed by atoms with Gasteiger partial charge in [-0.2, -0.15) is 0 Å². The smallest absolute Gasteiger partial charge is 0.0524 e. The predicted octanol–water partition coefficient (Wildman–Crippen LogP) is 1.91. The number of nitroso groups, excluding NO2 is 1. The van der Waals surface area contributed by atoms with Gasteiger partial charge in [-0.05, 0) is 5.56 Å². The van der Waals surface area contributed by atoms with E-state index in [1.807, 2.05) is 6.07 Å². The second kappa shape index (κ2) is 6.45. The minimum absolute atomic E-state index is 0. The summed E-state index contributed by atoms with van der Waals surface area (Å²) in [6.45, 7) is 4.29. The third kappa shape index (κ3) is 3.47. The second-order valence-corrected chi connectivity index (χ2v) is 3.80. The lowest BCUT2D eigenvalue weighted by Gasteiger charge is -2.31. The van der Waals surface area contributed by atoms with Crippen LogP contribution in [-0.4, -0.2) is 36.1 Å². The van der Waals surface area contributed by atoms with Crippen molar-refractivity contribution in [3.05, 3.63) is 40.8 Å². The average molecular weight is 242 g/mol. The summed E-state index contributed by atoms with van der Waals surface area (Å²) in [6, 6.07) is 10.4. The van der Waals surface area contributed by atoms with E-state index in [-0.39, 0.29) is 12.4 Å². The summed E-state index contributed by atoms with van der Waals surface area (Å²) >= 11 is 0. The first-order chi connectivity index (χ1) is 7.38. The molecule has 0 N–H and O–H groups in total. The molecule has 4 nitrogen and oxygen atoms in total. The van der Waals surface area contributed by atoms with E-state index in [4.69, 9.17) is 0 Å². The van der Waals surface area contributed by atoms with Crippen LogP contribution in [0.15, 0.2) is 35.6 Å². The Labute approximate surface area is 102 Å². The summed E-state index contributed by atoms with van der Waals surface area (Å²) in [7, 11) is 0. The quantitative estimate of drug-likeness (QED) is 0.759. The Balaban J connectivity index is 0.00000128. The topological polar surface area (TPSA) is 35.9 Å². The fraction of sp³-hybridized carbons (Fsp3) is 0.455. The van der Waals surface area contributed by atoms with Gasteiger partial charge in [-0.1, -0.05) is 30.3 Å². The first-order valence-corrected chi connectivity index (χ1v) is 5.23. The zero-order valence-corrected chi connectivity index (χ0v) is 9.90. The Morgan fingerprint density at radius 3 is 2.25 bits per heavy atom. The van der Waals surface area contributed by atoms with Crippen LogP contribution in [0.5, 0.6) is 0 Å². The van der Waals surface area contributed by atoms with Gasteiger partial charge in [0, 0.05) is 19.6 Å². The molecule has 1 saturated heterocycles. The molecular weight excluding hydrogens is 226 g/mol. The van der Waals surface area contributed by atoms with E-state index in [9.17, 15) is 4.91 Å². The van der Waals surface area contributed by atoms with Crippen LogP contribution in [0, 0.1) is 4.91 Å². The van der Waals surface area contributed by atoms with Crippen molar-refractivity contribution in [2.24, 2.45) is 5.29 Å². The zero-order valence-electron chi connectivity index (χ0n) is 9.08. The third-order valence-electron chi connectivity index (χ3n) is 2.71. The molecule has 0 aromatic heterocycles. The molecule has 1 aliphatic rings. The summed E-state index contributed by atoms with van der Waals surface area (Å²) in [5, 5.41) is 4.53. The summed E-state index contributed by atoms with van der Waals surface area (Å²) in [5.74, 6) is 0. The maximum Gasteiger partial charge on any atom is 0.0524 e. The molecule has 1 aromatic rings. The Hall–Kier alpha value is -1.13. The van der Waals surface area contributed by atoms with E-state index in [1.54, 1.807) is 5.01 Å². The van der Waals surface area contributed by atoms with Crippen molar-refractivity contribution in [2.75, 3.05) is 26.2 Å². The molecule has 1 fully saturated rings. The van der Waals surface area contributed by atoms with E-state index >= 15 is 0 Å². The number of hydrogen-bond donors (Lipinski definition) is 0. The molecule has 0 aliphatic carbocycles. The standard InChI is InChI=1S/C11H15N3O.ClH/c15-12-14-8-6-13(7-9-14)10-11-4-2-1-3-5-11;/h1-5H,6-10H2;1H. The molecule has 1 heterocycles. The molecule has 1 aliphatic heterocycles. The summed E-state index contributed by atoms with van der Waals surface area (Å²) in [4.78, 5) is 12.6. The lowest BCUT2D eigenvalue weighted by atomic mass is 10.2. The molecule has 5 heteroatoms. The molecule has 0 radical (unpaired) electrons. The van der Waals surface area contributed by atoms with Gasteiger partial charge >= 0.3 is 0 Å². The van der Waals surface area contributed by atoms with Crippen molar-refractivity contribution < 1.29 is 0 Å². The number of nitrogens with zero attached hydrogens (tertiary/aromatic N) is 3. The van der Waals surface area contributed by atoms with Crippen LogP contribution in [0.25, 0.3) is 0 Å². The molecule has 0 unspecified atom stereocenters. The normalized spacial score (nSPS) is 16.6. The fourth-order valence-electron chi connectivity index (χ4n) is 1.82.